The molecule has 0 N–H and O–H groups in total. The average molecular weight is 293 g/mol. The Morgan fingerprint density at radius 1 is 1.62 bits per heavy atom. The molecule has 0 aliphatic heterocycles. The van der Waals surface area contributed by atoms with Gasteiger partial charge in [-0.2, -0.15) is 0 Å². The number of ether oxygens (including phenoxy) is 1. The Labute approximate surface area is 88.7 Å². The number of aryl methyl sites for hydroxylation is 1. The lowest BCUT2D eigenvalue weighted by molar-refractivity contribution is 0.0598. The van der Waals surface area contributed by atoms with E-state index in [9.17, 15) is 9.59 Å². The van der Waals surface area contributed by atoms with Gasteiger partial charge in [0.05, 0.1) is 7.11 Å². The molecular weight excluding hydrogens is 285 g/mol. The SMILES string of the molecule is COC(=O)c1cc(I)cn(C)c1=O. The monoisotopic (exact) mass is 293 g/mol. The van der Waals surface area contributed by atoms with Gasteiger partial charge in [0.25, 0.3) is 5.56 Å². The van der Waals surface area contributed by atoms with E-state index in [1.165, 1.54) is 17.7 Å². The summed E-state index contributed by atoms with van der Waals surface area (Å²) < 4.78 is 6.65. The van der Waals surface area contributed by atoms with Crippen molar-refractivity contribution >= 4 is 28.6 Å². The summed E-state index contributed by atoms with van der Waals surface area (Å²) in [5.41, 5.74) is -0.274. The summed E-state index contributed by atoms with van der Waals surface area (Å²) in [7, 11) is 2.85. The van der Waals surface area contributed by atoms with Crippen molar-refractivity contribution in [2.24, 2.45) is 7.05 Å². The number of aromatic nitrogens is 1. The molecule has 0 unspecified atom stereocenters. The van der Waals surface area contributed by atoms with Gasteiger partial charge >= 0.3 is 5.97 Å². The quantitative estimate of drug-likeness (QED) is 0.568. The van der Waals surface area contributed by atoms with Gasteiger partial charge in [-0.1, -0.05) is 0 Å². The first-order valence-corrected chi connectivity index (χ1v) is 4.58. The average Bonchev–Trinajstić information content (AvgIpc) is 2.10. The van der Waals surface area contributed by atoms with E-state index in [1.807, 2.05) is 22.6 Å². The molecule has 1 rings (SSSR count). The smallest absolute Gasteiger partial charge is 0.343 e. The lowest BCUT2D eigenvalue weighted by Gasteiger charge is -2.02. The lowest BCUT2D eigenvalue weighted by Crippen LogP contribution is -2.24. The lowest BCUT2D eigenvalue weighted by atomic mass is 10.3. The van der Waals surface area contributed by atoms with Crippen LogP contribution < -0.4 is 5.56 Å². The number of methoxy groups -OCH3 is 1. The molecule has 0 saturated carbocycles. The van der Waals surface area contributed by atoms with Crippen LogP contribution in [0.2, 0.25) is 0 Å². The van der Waals surface area contributed by atoms with Crippen LogP contribution in [0.3, 0.4) is 0 Å². The Kier molecular flexibility index (Phi) is 3.07. The number of hydrogen-bond acceptors (Lipinski definition) is 3. The predicted octanol–water partition coefficient (Wildman–Crippen LogP) is 0.776. The molecule has 0 saturated heterocycles. The molecule has 0 bridgehead atoms. The molecule has 4 nitrogen and oxygen atoms in total. The van der Waals surface area contributed by atoms with Gasteiger partial charge in [-0.05, 0) is 28.7 Å². The molecule has 0 spiro atoms. The van der Waals surface area contributed by atoms with Crippen molar-refractivity contribution in [1.82, 2.24) is 4.57 Å². The highest BCUT2D eigenvalue weighted by molar-refractivity contribution is 14.1. The van der Waals surface area contributed by atoms with Gasteiger partial charge in [0.15, 0.2) is 0 Å². The van der Waals surface area contributed by atoms with Gasteiger partial charge in [-0.25, -0.2) is 4.79 Å². The number of halogens is 1. The molecule has 0 radical (unpaired) electrons. The molecule has 0 aromatic carbocycles. The number of nitrogens with zero attached hydrogens (tertiary/aromatic N) is 1. The van der Waals surface area contributed by atoms with Crippen LogP contribution >= 0.6 is 22.6 Å². The number of pyridine rings is 1. The first-order chi connectivity index (χ1) is 6.06. The number of esters is 1. The summed E-state index contributed by atoms with van der Waals surface area (Å²) in [6.07, 6.45) is 1.65. The fraction of sp³-hybridized carbons (Fsp3) is 0.250. The van der Waals surface area contributed by atoms with E-state index in [0.29, 0.717) is 0 Å². The van der Waals surface area contributed by atoms with Crippen molar-refractivity contribution in [3.63, 3.8) is 0 Å². The van der Waals surface area contributed by atoms with Crippen LogP contribution in [0.4, 0.5) is 0 Å². The van der Waals surface area contributed by atoms with Crippen molar-refractivity contribution < 1.29 is 9.53 Å². The minimum atomic E-state index is -0.598. The molecule has 13 heavy (non-hydrogen) atoms. The van der Waals surface area contributed by atoms with Crippen molar-refractivity contribution in [3.05, 3.63) is 31.8 Å². The van der Waals surface area contributed by atoms with Gasteiger partial charge in [-0.15, -0.1) is 0 Å². The summed E-state index contributed by atoms with van der Waals surface area (Å²) in [6, 6.07) is 1.51. The zero-order chi connectivity index (χ0) is 10.0. The molecule has 70 valence electrons. The van der Waals surface area contributed by atoms with Gasteiger partial charge in [0.2, 0.25) is 0 Å². The first kappa shape index (κ1) is 10.2. The fourth-order valence-corrected chi connectivity index (χ4v) is 1.66. The Balaban J connectivity index is 3.37. The standard InChI is InChI=1S/C8H8INO3/c1-10-4-5(9)3-6(7(10)11)8(12)13-2/h3-4H,1-2H3. The Morgan fingerprint density at radius 3 is 2.77 bits per heavy atom. The van der Waals surface area contributed by atoms with Crippen LogP contribution in [-0.2, 0) is 11.8 Å². The van der Waals surface area contributed by atoms with Crippen molar-refractivity contribution in [2.45, 2.75) is 0 Å². The second-order valence-corrected chi connectivity index (χ2v) is 3.73. The number of hydrogen-bond donors (Lipinski definition) is 0. The Hall–Kier alpha value is -0.850. The first-order valence-electron chi connectivity index (χ1n) is 3.50. The van der Waals surface area contributed by atoms with Crippen molar-refractivity contribution in [1.29, 1.82) is 0 Å². The molecule has 0 atom stereocenters. The van der Waals surface area contributed by atoms with Crippen molar-refractivity contribution in [2.75, 3.05) is 7.11 Å². The van der Waals surface area contributed by atoms with E-state index in [2.05, 4.69) is 4.74 Å². The third-order valence-corrected chi connectivity index (χ3v) is 2.15. The molecule has 0 fully saturated rings. The van der Waals surface area contributed by atoms with E-state index in [1.54, 1.807) is 13.2 Å². The molecule has 1 aromatic rings. The predicted molar refractivity (Wildman–Crippen MR) is 55.7 cm³/mol. The molecule has 5 heteroatoms. The maximum Gasteiger partial charge on any atom is 0.343 e. The van der Waals surface area contributed by atoms with Crippen LogP contribution in [0.25, 0.3) is 0 Å². The third kappa shape index (κ3) is 2.09. The van der Waals surface area contributed by atoms with E-state index in [0.717, 1.165) is 3.57 Å². The normalized spacial score (nSPS) is 9.77. The van der Waals surface area contributed by atoms with E-state index in [4.69, 9.17) is 0 Å². The Bertz CT molecular complexity index is 397. The third-order valence-electron chi connectivity index (χ3n) is 1.56. The highest BCUT2D eigenvalue weighted by Gasteiger charge is 2.12. The minimum absolute atomic E-state index is 0.0666. The van der Waals surface area contributed by atoms with Gasteiger partial charge in [0.1, 0.15) is 5.56 Å². The summed E-state index contributed by atoms with van der Waals surface area (Å²) in [4.78, 5) is 22.5. The molecule has 1 aromatic heterocycles. The van der Waals surface area contributed by atoms with Gasteiger partial charge < -0.3 is 9.30 Å². The zero-order valence-corrected chi connectivity index (χ0v) is 9.36. The summed E-state index contributed by atoms with van der Waals surface area (Å²) >= 11 is 2.03. The molecule has 0 aliphatic carbocycles. The van der Waals surface area contributed by atoms with Crippen LogP contribution in [-0.4, -0.2) is 17.6 Å². The summed E-state index contributed by atoms with van der Waals surface area (Å²) in [5.74, 6) is -0.598. The maximum absolute atomic E-state index is 11.4. The maximum atomic E-state index is 11.4. The fourth-order valence-electron chi connectivity index (χ4n) is 0.927. The largest absolute Gasteiger partial charge is 0.465 e. The second-order valence-electron chi connectivity index (χ2n) is 2.48. The summed E-state index contributed by atoms with van der Waals surface area (Å²) in [6.45, 7) is 0. The molecule has 0 amide bonds. The molecule has 0 aliphatic rings. The highest BCUT2D eigenvalue weighted by atomic mass is 127. The number of carbonyl (C=O) groups excluding carboxylic acids is 1. The highest BCUT2D eigenvalue weighted by Crippen LogP contribution is 2.04. The molecule has 1 heterocycles. The van der Waals surface area contributed by atoms with E-state index in [-0.39, 0.29) is 11.1 Å². The second kappa shape index (κ2) is 3.91. The van der Waals surface area contributed by atoms with Crippen LogP contribution in [0.15, 0.2) is 17.1 Å². The van der Waals surface area contributed by atoms with Crippen LogP contribution in [0.5, 0.6) is 0 Å². The minimum Gasteiger partial charge on any atom is -0.465 e. The van der Waals surface area contributed by atoms with E-state index < -0.39 is 5.97 Å². The summed E-state index contributed by atoms with van der Waals surface area (Å²) in [5, 5.41) is 0. The number of carbonyl (C=O) groups is 1. The van der Waals surface area contributed by atoms with Gasteiger partial charge in [-0.3, -0.25) is 4.79 Å². The van der Waals surface area contributed by atoms with Crippen LogP contribution in [0, 0.1) is 3.57 Å². The van der Waals surface area contributed by atoms with E-state index >= 15 is 0 Å². The number of rotatable bonds is 1. The van der Waals surface area contributed by atoms with Crippen LogP contribution in [0.1, 0.15) is 10.4 Å². The van der Waals surface area contributed by atoms with Crippen molar-refractivity contribution in [3.8, 4) is 0 Å². The zero-order valence-electron chi connectivity index (χ0n) is 7.20. The van der Waals surface area contributed by atoms with Gasteiger partial charge in [0, 0.05) is 16.8 Å². The Morgan fingerprint density at radius 2 is 2.23 bits per heavy atom. The topological polar surface area (TPSA) is 48.3 Å². The molecular formula is C8H8INO3.